The maximum absolute atomic E-state index is 9.97. The van der Waals surface area contributed by atoms with Gasteiger partial charge < -0.3 is 4.74 Å². The number of carbonyl (C=O) groups excluding carboxylic acids is 1. The fraction of sp³-hybridized carbons (Fsp3) is 0.462. The standard InChI is InChI=1S/C13H18O2/c1-2-12(9-6-10-15-11-14)13-7-4-3-5-8-13/h3-5,7-8,11-12H,2,6,9-10H2,1H3. The highest BCUT2D eigenvalue weighted by Crippen LogP contribution is 2.24. The maximum atomic E-state index is 9.97. The molecule has 0 saturated carbocycles. The minimum Gasteiger partial charge on any atom is -0.468 e. The largest absolute Gasteiger partial charge is 0.468 e. The topological polar surface area (TPSA) is 26.3 Å². The molecule has 0 fully saturated rings. The van der Waals surface area contributed by atoms with E-state index in [0.29, 0.717) is 19.0 Å². The lowest BCUT2D eigenvalue weighted by Crippen LogP contribution is -2.00. The van der Waals surface area contributed by atoms with E-state index < -0.39 is 0 Å². The van der Waals surface area contributed by atoms with Gasteiger partial charge in [0.1, 0.15) is 0 Å². The highest BCUT2D eigenvalue weighted by atomic mass is 16.5. The monoisotopic (exact) mass is 206 g/mol. The molecule has 1 atom stereocenters. The first-order chi connectivity index (χ1) is 7.38. The molecule has 0 aliphatic rings. The van der Waals surface area contributed by atoms with Crippen molar-refractivity contribution in [3.63, 3.8) is 0 Å². The molecule has 2 nitrogen and oxygen atoms in total. The van der Waals surface area contributed by atoms with Crippen LogP contribution in [0.4, 0.5) is 0 Å². The van der Waals surface area contributed by atoms with E-state index in [-0.39, 0.29) is 0 Å². The molecular formula is C13H18O2. The van der Waals surface area contributed by atoms with Crippen LogP contribution in [-0.4, -0.2) is 13.1 Å². The summed E-state index contributed by atoms with van der Waals surface area (Å²) in [6.07, 6.45) is 3.14. The van der Waals surface area contributed by atoms with E-state index in [0.717, 1.165) is 19.3 Å². The first-order valence-corrected chi connectivity index (χ1v) is 5.48. The van der Waals surface area contributed by atoms with Crippen LogP contribution in [0.25, 0.3) is 0 Å². The molecule has 0 bridgehead atoms. The molecular weight excluding hydrogens is 188 g/mol. The number of hydrogen-bond donors (Lipinski definition) is 0. The van der Waals surface area contributed by atoms with Crippen molar-refractivity contribution in [3.8, 4) is 0 Å². The molecule has 82 valence electrons. The molecule has 0 N–H and O–H groups in total. The van der Waals surface area contributed by atoms with Gasteiger partial charge in [0, 0.05) is 0 Å². The summed E-state index contributed by atoms with van der Waals surface area (Å²) in [6.45, 7) is 3.24. The van der Waals surface area contributed by atoms with Gasteiger partial charge in [0.05, 0.1) is 6.61 Å². The lowest BCUT2D eigenvalue weighted by Gasteiger charge is -2.14. The molecule has 2 heteroatoms. The van der Waals surface area contributed by atoms with Gasteiger partial charge in [-0.1, -0.05) is 37.3 Å². The van der Waals surface area contributed by atoms with Crippen LogP contribution in [-0.2, 0) is 9.53 Å². The van der Waals surface area contributed by atoms with Gasteiger partial charge in [0.2, 0.25) is 0 Å². The number of benzene rings is 1. The van der Waals surface area contributed by atoms with Gasteiger partial charge in [-0.2, -0.15) is 0 Å². The third-order valence-corrected chi connectivity index (χ3v) is 2.65. The molecule has 0 aliphatic carbocycles. The lowest BCUT2D eigenvalue weighted by atomic mass is 9.92. The van der Waals surface area contributed by atoms with Crippen molar-refractivity contribution in [3.05, 3.63) is 35.9 Å². The molecule has 0 radical (unpaired) electrons. The Morgan fingerprint density at radius 2 is 2.07 bits per heavy atom. The molecule has 0 spiro atoms. The minimum absolute atomic E-state index is 0.517. The molecule has 0 aliphatic heterocycles. The zero-order valence-corrected chi connectivity index (χ0v) is 9.19. The summed E-state index contributed by atoms with van der Waals surface area (Å²) < 4.78 is 4.68. The second-order valence-corrected chi connectivity index (χ2v) is 3.63. The van der Waals surface area contributed by atoms with E-state index >= 15 is 0 Å². The van der Waals surface area contributed by atoms with Gasteiger partial charge in [0.25, 0.3) is 6.47 Å². The Morgan fingerprint density at radius 1 is 1.33 bits per heavy atom. The first-order valence-electron chi connectivity index (χ1n) is 5.48. The molecule has 0 heterocycles. The highest BCUT2D eigenvalue weighted by Gasteiger charge is 2.07. The fourth-order valence-electron chi connectivity index (χ4n) is 1.79. The summed E-state index contributed by atoms with van der Waals surface area (Å²) in [7, 11) is 0. The molecule has 1 aromatic carbocycles. The Labute approximate surface area is 91.3 Å². The molecule has 0 amide bonds. The molecule has 1 aromatic rings. The van der Waals surface area contributed by atoms with Crippen LogP contribution in [0.3, 0.4) is 0 Å². The quantitative estimate of drug-likeness (QED) is 0.506. The Balaban J connectivity index is 2.39. The van der Waals surface area contributed by atoms with Gasteiger partial charge in [-0.3, -0.25) is 4.79 Å². The zero-order chi connectivity index (χ0) is 10.9. The summed E-state index contributed by atoms with van der Waals surface area (Å²) in [5, 5.41) is 0. The minimum atomic E-state index is 0.517. The highest BCUT2D eigenvalue weighted by molar-refractivity contribution is 5.36. The van der Waals surface area contributed by atoms with E-state index in [1.54, 1.807) is 0 Å². The number of carbonyl (C=O) groups is 1. The van der Waals surface area contributed by atoms with Crippen LogP contribution in [0.2, 0.25) is 0 Å². The van der Waals surface area contributed by atoms with E-state index in [9.17, 15) is 4.79 Å². The van der Waals surface area contributed by atoms with Gasteiger partial charge in [0.15, 0.2) is 0 Å². The molecule has 15 heavy (non-hydrogen) atoms. The van der Waals surface area contributed by atoms with E-state index in [4.69, 9.17) is 0 Å². The SMILES string of the molecule is CCC(CCCOC=O)c1ccccc1. The van der Waals surface area contributed by atoms with Crippen LogP contribution in [0.1, 0.15) is 37.7 Å². The van der Waals surface area contributed by atoms with Crippen LogP contribution in [0.15, 0.2) is 30.3 Å². The Kier molecular flexibility index (Phi) is 5.52. The van der Waals surface area contributed by atoms with Gasteiger partial charge in [-0.25, -0.2) is 0 Å². The predicted molar refractivity (Wildman–Crippen MR) is 60.7 cm³/mol. The van der Waals surface area contributed by atoms with Crippen LogP contribution < -0.4 is 0 Å². The summed E-state index contributed by atoms with van der Waals surface area (Å²) in [4.78, 5) is 9.97. The summed E-state index contributed by atoms with van der Waals surface area (Å²) in [6, 6.07) is 10.5. The lowest BCUT2D eigenvalue weighted by molar-refractivity contribution is -0.128. The van der Waals surface area contributed by atoms with Crippen molar-refractivity contribution in [1.29, 1.82) is 0 Å². The smallest absolute Gasteiger partial charge is 0.293 e. The molecule has 0 saturated heterocycles. The van der Waals surface area contributed by atoms with Crippen molar-refractivity contribution in [1.82, 2.24) is 0 Å². The van der Waals surface area contributed by atoms with Gasteiger partial charge >= 0.3 is 0 Å². The predicted octanol–water partition coefficient (Wildman–Crippen LogP) is 3.13. The van der Waals surface area contributed by atoms with Crippen molar-refractivity contribution in [2.75, 3.05) is 6.61 Å². The average Bonchev–Trinajstić information content (AvgIpc) is 2.30. The van der Waals surface area contributed by atoms with Crippen LogP contribution in [0.5, 0.6) is 0 Å². The Morgan fingerprint density at radius 3 is 2.67 bits per heavy atom. The average molecular weight is 206 g/mol. The van der Waals surface area contributed by atoms with Crippen molar-refractivity contribution in [2.45, 2.75) is 32.1 Å². The van der Waals surface area contributed by atoms with Gasteiger partial charge in [-0.05, 0) is 30.7 Å². The second kappa shape index (κ2) is 7.04. The van der Waals surface area contributed by atoms with Crippen LogP contribution in [0, 0.1) is 0 Å². The Hall–Kier alpha value is -1.31. The van der Waals surface area contributed by atoms with E-state index in [1.165, 1.54) is 5.56 Å². The first kappa shape index (κ1) is 11.8. The summed E-state index contributed by atoms with van der Waals surface area (Å²) >= 11 is 0. The van der Waals surface area contributed by atoms with Crippen molar-refractivity contribution < 1.29 is 9.53 Å². The maximum Gasteiger partial charge on any atom is 0.293 e. The molecule has 0 aromatic heterocycles. The molecule has 1 unspecified atom stereocenters. The molecule has 1 rings (SSSR count). The van der Waals surface area contributed by atoms with Gasteiger partial charge in [-0.15, -0.1) is 0 Å². The number of ether oxygens (including phenoxy) is 1. The third-order valence-electron chi connectivity index (χ3n) is 2.65. The Bertz CT molecular complexity index is 269. The van der Waals surface area contributed by atoms with Crippen LogP contribution >= 0.6 is 0 Å². The normalized spacial score (nSPS) is 12.1. The van der Waals surface area contributed by atoms with E-state index in [1.807, 2.05) is 6.07 Å². The van der Waals surface area contributed by atoms with E-state index in [2.05, 4.69) is 35.9 Å². The second-order valence-electron chi connectivity index (χ2n) is 3.63. The summed E-state index contributed by atoms with van der Waals surface area (Å²) in [5.74, 6) is 0.585. The fourth-order valence-corrected chi connectivity index (χ4v) is 1.79. The van der Waals surface area contributed by atoms with Crippen molar-refractivity contribution in [2.24, 2.45) is 0 Å². The summed E-state index contributed by atoms with van der Waals surface area (Å²) in [5.41, 5.74) is 1.38. The number of hydrogen-bond acceptors (Lipinski definition) is 2. The third kappa shape index (κ3) is 4.15. The van der Waals surface area contributed by atoms with Crippen molar-refractivity contribution >= 4 is 6.47 Å². The zero-order valence-electron chi connectivity index (χ0n) is 9.19. The number of rotatable bonds is 7.